The summed E-state index contributed by atoms with van der Waals surface area (Å²) < 4.78 is 0.947. The lowest BCUT2D eigenvalue weighted by molar-refractivity contribution is -0.136. The SMILES string of the molecule is CC(O)CCC(=O)N(CC(N)=O)Cc1ccc(Br)cc1. The lowest BCUT2D eigenvalue weighted by atomic mass is 10.1. The fraction of sp³-hybridized carbons (Fsp3) is 0.429. The largest absolute Gasteiger partial charge is 0.393 e. The summed E-state index contributed by atoms with van der Waals surface area (Å²) in [6, 6.07) is 7.50. The molecule has 3 N–H and O–H groups in total. The summed E-state index contributed by atoms with van der Waals surface area (Å²) in [5.74, 6) is -0.736. The van der Waals surface area contributed by atoms with Crippen molar-refractivity contribution >= 4 is 27.7 Å². The number of nitrogens with zero attached hydrogens (tertiary/aromatic N) is 1. The van der Waals surface area contributed by atoms with E-state index in [0.717, 1.165) is 10.0 Å². The van der Waals surface area contributed by atoms with E-state index in [9.17, 15) is 14.7 Å². The number of hydrogen-bond donors (Lipinski definition) is 2. The molecule has 1 rings (SSSR count). The van der Waals surface area contributed by atoms with Gasteiger partial charge in [-0.2, -0.15) is 0 Å². The number of aliphatic hydroxyl groups is 1. The Kier molecular flexibility index (Phi) is 6.67. The van der Waals surface area contributed by atoms with Crippen molar-refractivity contribution in [2.45, 2.75) is 32.4 Å². The maximum atomic E-state index is 12.1. The number of carbonyl (C=O) groups is 2. The Hall–Kier alpha value is -1.40. The van der Waals surface area contributed by atoms with E-state index in [1.54, 1.807) is 6.92 Å². The zero-order valence-corrected chi connectivity index (χ0v) is 13.0. The van der Waals surface area contributed by atoms with Gasteiger partial charge >= 0.3 is 0 Å². The third-order valence-corrected chi connectivity index (χ3v) is 3.29. The normalized spacial score (nSPS) is 11.9. The molecule has 20 heavy (non-hydrogen) atoms. The quantitative estimate of drug-likeness (QED) is 0.785. The standard InChI is InChI=1S/C14H19BrN2O3/c1-10(18)2-7-14(20)17(9-13(16)19)8-11-3-5-12(15)6-4-11/h3-6,10,18H,2,7-9H2,1H3,(H2,16,19). The van der Waals surface area contributed by atoms with E-state index < -0.39 is 12.0 Å². The molecule has 1 aromatic rings. The van der Waals surface area contributed by atoms with Gasteiger partial charge in [0.1, 0.15) is 0 Å². The maximum Gasteiger partial charge on any atom is 0.237 e. The van der Waals surface area contributed by atoms with Crippen LogP contribution in [0.25, 0.3) is 0 Å². The lowest BCUT2D eigenvalue weighted by Crippen LogP contribution is -2.38. The van der Waals surface area contributed by atoms with Gasteiger partial charge in [-0.3, -0.25) is 9.59 Å². The Balaban J connectivity index is 2.70. The summed E-state index contributed by atoms with van der Waals surface area (Å²) in [6.45, 7) is 1.84. The molecule has 0 saturated carbocycles. The maximum absolute atomic E-state index is 12.1. The average Bonchev–Trinajstić information content (AvgIpc) is 2.37. The molecule has 0 fully saturated rings. The molecule has 0 spiro atoms. The van der Waals surface area contributed by atoms with Crippen molar-refractivity contribution in [2.75, 3.05) is 6.54 Å². The third kappa shape index (κ3) is 6.16. The summed E-state index contributed by atoms with van der Waals surface area (Å²) in [5.41, 5.74) is 6.09. The van der Waals surface area contributed by atoms with Crippen LogP contribution in [0.15, 0.2) is 28.7 Å². The van der Waals surface area contributed by atoms with Crippen molar-refractivity contribution < 1.29 is 14.7 Å². The van der Waals surface area contributed by atoms with Gasteiger partial charge in [0, 0.05) is 17.4 Å². The first-order chi connectivity index (χ1) is 9.38. The molecule has 2 amide bonds. The molecule has 0 heterocycles. The molecule has 6 heteroatoms. The molecule has 1 unspecified atom stereocenters. The molecular formula is C14H19BrN2O3. The second kappa shape index (κ2) is 8.01. The number of halogens is 1. The molecule has 0 aromatic heterocycles. The first kappa shape index (κ1) is 16.7. The fourth-order valence-electron chi connectivity index (χ4n) is 1.72. The number of primary amides is 1. The van der Waals surface area contributed by atoms with Gasteiger partial charge in [-0.15, -0.1) is 0 Å². The van der Waals surface area contributed by atoms with Gasteiger partial charge in [0.2, 0.25) is 11.8 Å². The van der Waals surface area contributed by atoms with E-state index >= 15 is 0 Å². The van der Waals surface area contributed by atoms with Crippen LogP contribution in [0, 0.1) is 0 Å². The predicted octanol–water partition coefficient (Wildman–Crippen LogP) is 1.42. The van der Waals surface area contributed by atoms with Crippen molar-refractivity contribution in [2.24, 2.45) is 5.73 Å². The highest BCUT2D eigenvalue weighted by Gasteiger charge is 2.16. The number of amides is 2. The number of rotatable bonds is 7. The molecule has 110 valence electrons. The zero-order chi connectivity index (χ0) is 15.1. The Morgan fingerprint density at radius 3 is 2.45 bits per heavy atom. The van der Waals surface area contributed by atoms with Gasteiger partial charge in [0.25, 0.3) is 0 Å². The highest BCUT2D eigenvalue weighted by Crippen LogP contribution is 2.13. The van der Waals surface area contributed by atoms with Crippen LogP contribution in [0.4, 0.5) is 0 Å². The third-order valence-electron chi connectivity index (χ3n) is 2.76. The second-order valence-corrected chi connectivity index (χ2v) is 5.65. The first-order valence-electron chi connectivity index (χ1n) is 6.37. The smallest absolute Gasteiger partial charge is 0.237 e. The van der Waals surface area contributed by atoms with E-state index in [4.69, 9.17) is 5.73 Å². The summed E-state index contributed by atoms with van der Waals surface area (Å²) in [6.07, 6.45) is 0.0256. The molecule has 0 aliphatic rings. The Bertz CT molecular complexity index is 460. The number of hydrogen-bond acceptors (Lipinski definition) is 3. The molecule has 0 saturated heterocycles. The molecule has 5 nitrogen and oxygen atoms in total. The Labute approximate surface area is 126 Å². The van der Waals surface area contributed by atoms with Gasteiger partial charge in [0.15, 0.2) is 0 Å². The predicted molar refractivity (Wildman–Crippen MR) is 79.7 cm³/mol. The van der Waals surface area contributed by atoms with Crippen LogP contribution in [0.1, 0.15) is 25.3 Å². The van der Waals surface area contributed by atoms with Gasteiger partial charge in [0.05, 0.1) is 12.6 Å². The fourth-order valence-corrected chi connectivity index (χ4v) is 1.99. The summed E-state index contributed by atoms with van der Waals surface area (Å²) in [5, 5.41) is 9.22. The van der Waals surface area contributed by atoms with Crippen LogP contribution in [0.2, 0.25) is 0 Å². The topological polar surface area (TPSA) is 83.6 Å². The van der Waals surface area contributed by atoms with Gasteiger partial charge in [-0.25, -0.2) is 0 Å². The molecule has 1 atom stereocenters. The molecule has 0 aliphatic heterocycles. The Morgan fingerprint density at radius 2 is 1.95 bits per heavy atom. The molecule has 0 aliphatic carbocycles. The molecule has 1 aromatic carbocycles. The van der Waals surface area contributed by atoms with Crippen molar-refractivity contribution in [1.82, 2.24) is 4.90 Å². The van der Waals surface area contributed by atoms with E-state index in [1.807, 2.05) is 24.3 Å². The van der Waals surface area contributed by atoms with Crippen LogP contribution >= 0.6 is 15.9 Å². The number of aliphatic hydroxyl groups excluding tert-OH is 1. The second-order valence-electron chi connectivity index (χ2n) is 4.73. The summed E-state index contributed by atoms with van der Waals surface area (Å²) in [4.78, 5) is 24.5. The van der Waals surface area contributed by atoms with E-state index in [2.05, 4.69) is 15.9 Å². The van der Waals surface area contributed by atoms with E-state index in [-0.39, 0.29) is 18.9 Å². The van der Waals surface area contributed by atoms with Crippen LogP contribution in [0.5, 0.6) is 0 Å². The minimum absolute atomic E-state index is 0.116. The van der Waals surface area contributed by atoms with Crippen LogP contribution < -0.4 is 5.73 Å². The summed E-state index contributed by atoms with van der Waals surface area (Å²) >= 11 is 3.34. The summed E-state index contributed by atoms with van der Waals surface area (Å²) in [7, 11) is 0. The monoisotopic (exact) mass is 342 g/mol. The van der Waals surface area contributed by atoms with Gasteiger partial charge in [-0.05, 0) is 31.0 Å². The number of nitrogens with two attached hydrogens (primary N) is 1. The highest BCUT2D eigenvalue weighted by atomic mass is 79.9. The van der Waals surface area contributed by atoms with Crippen LogP contribution in [0.3, 0.4) is 0 Å². The van der Waals surface area contributed by atoms with Crippen LogP contribution in [-0.4, -0.2) is 34.5 Å². The highest BCUT2D eigenvalue weighted by molar-refractivity contribution is 9.10. The molecule has 0 bridgehead atoms. The van der Waals surface area contributed by atoms with Gasteiger partial charge in [-0.1, -0.05) is 28.1 Å². The molecule has 0 radical (unpaired) electrons. The van der Waals surface area contributed by atoms with E-state index in [0.29, 0.717) is 13.0 Å². The minimum Gasteiger partial charge on any atom is -0.393 e. The van der Waals surface area contributed by atoms with Crippen molar-refractivity contribution in [1.29, 1.82) is 0 Å². The zero-order valence-electron chi connectivity index (χ0n) is 11.4. The minimum atomic E-state index is -0.549. The molecular weight excluding hydrogens is 324 g/mol. The number of benzene rings is 1. The van der Waals surface area contributed by atoms with Crippen molar-refractivity contribution in [3.63, 3.8) is 0 Å². The number of carbonyl (C=O) groups excluding carboxylic acids is 2. The van der Waals surface area contributed by atoms with Crippen molar-refractivity contribution in [3.05, 3.63) is 34.3 Å². The van der Waals surface area contributed by atoms with Gasteiger partial charge < -0.3 is 15.7 Å². The van der Waals surface area contributed by atoms with Crippen LogP contribution in [-0.2, 0) is 16.1 Å². The van der Waals surface area contributed by atoms with E-state index in [1.165, 1.54) is 4.90 Å². The van der Waals surface area contributed by atoms with Crippen molar-refractivity contribution in [3.8, 4) is 0 Å². The Morgan fingerprint density at radius 1 is 1.35 bits per heavy atom. The average molecular weight is 343 g/mol. The lowest BCUT2D eigenvalue weighted by Gasteiger charge is -2.21. The first-order valence-corrected chi connectivity index (χ1v) is 7.16.